The number of ether oxygens (including phenoxy) is 1. The topological polar surface area (TPSA) is 140 Å². The number of nitrogens with two attached hydrogens (primary N) is 1. The first kappa shape index (κ1) is 24.6. The molecular formula is C26H19ClN2O7S. The molecule has 4 aromatic rings. The van der Waals surface area contributed by atoms with Crippen LogP contribution >= 0.6 is 11.6 Å². The third kappa shape index (κ3) is 4.35. The van der Waals surface area contributed by atoms with Crippen LogP contribution in [-0.2, 0) is 14.8 Å². The van der Waals surface area contributed by atoms with E-state index < -0.39 is 33.5 Å². The van der Waals surface area contributed by atoms with Crippen LogP contribution in [0.3, 0.4) is 0 Å². The van der Waals surface area contributed by atoms with Gasteiger partial charge in [0.05, 0.1) is 23.6 Å². The smallest absolute Gasteiger partial charge is 0.294 e. The second-order valence-corrected chi connectivity index (χ2v) is 10.3. The van der Waals surface area contributed by atoms with E-state index in [-0.39, 0.29) is 21.9 Å². The van der Waals surface area contributed by atoms with E-state index in [0.717, 1.165) is 0 Å². The van der Waals surface area contributed by atoms with Crippen molar-refractivity contribution in [1.82, 2.24) is 0 Å². The minimum atomic E-state index is -3.97. The Labute approximate surface area is 216 Å². The standard InChI is InChI=1S/C26H19ClN2O7S/c1-35-18-7-2-14(3-8-18)23-22(24(30)21-13-15-12-16(27)4-11-20(15)36-21)25(31)26(32)29(23)17-5-9-19(10-6-17)37(28,33)34/h2-13,23,31H,1H3,(H2,28,33,34). The normalized spacial score (nSPS) is 16.0. The number of anilines is 1. The first-order chi connectivity index (χ1) is 17.6. The number of furan rings is 1. The van der Waals surface area contributed by atoms with Crippen LogP contribution in [-0.4, -0.2) is 32.3 Å². The number of sulfonamides is 1. The zero-order valence-corrected chi connectivity index (χ0v) is 20.8. The Kier molecular flexibility index (Phi) is 6.03. The molecule has 0 radical (unpaired) electrons. The van der Waals surface area contributed by atoms with Gasteiger partial charge in [0.15, 0.2) is 11.5 Å². The molecule has 0 spiro atoms. The number of aliphatic hydroxyl groups excluding tert-OH is 1. The van der Waals surface area contributed by atoms with E-state index in [1.54, 1.807) is 42.5 Å². The van der Waals surface area contributed by atoms with Crippen LogP contribution in [0.25, 0.3) is 11.0 Å². The highest BCUT2D eigenvalue weighted by atomic mass is 35.5. The Morgan fingerprint density at radius 2 is 1.73 bits per heavy atom. The molecule has 1 aliphatic heterocycles. The summed E-state index contributed by atoms with van der Waals surface area (Å²) in [6.45, 7) is 0. The van der Waals surface area contributed by atoms with Gasteiger partial charge in [-0.15, -0.1) is 0 Å². The van der Waals surface area contributed by atoms with Gasteiger partial charge in [-0.2, -0.15) is 0 Å². The second-order valence-electron chi connectivity index (χ2n) is 8.27. The van der Waals surface area contributed by atoms with Gasteiger partial charge in [0.1, 0.15) is 11.3 Å². The molecule has 1 unspecified atom stereocenters. The average molecular weight is 539 g/mol. The van der Waals surface area contributed by atoms with Crippen molar-refractivity contribution in [2.75, 3.05) is 12.0 Å². The predicted molar refractivity (Wildman–Crippen MR) is 136 cm³/mol. The first-order valence-corrected chi connectivity index (χ1v) is 12.8. The Balaban J connectivity index is 1.64. The molecular weight excluding hydrogens is 520 g/mol. The van der Waals surface area contributed by atoms with Gasteiger partial charge >= 0.3 is 0 Å². The average Bonchev–Trinajstić information content (AvgIpc) is 3.41. The molecule has 37 heavy (non-hydrogen) atoms. The van der Waals surface area contributed by atoms with E-state index in [2.05, 4.69) is 0 Å². The number of carbonyl (C=O) groups is 2. The van der Waals surface area contributed by atoms with Gasteiger partial charge in [-0.3, -0.25) is 14.5 Å². The summed E-state index contributed by atoms with van der Waals surface area (Å²) < 4.78 is 34.3. The molecule has 1 aromatic heterocycles. The number of fused-ring (bicyclic) bond motifs is 1. The SMILES string of the molecule is COc1ccc(C2C(C(=O)c3cc4cc(Cl)ccc4o3)=C(O)C(=O)N2c2ccc(S(N)(=O)=O)cc2)cc1. The van der Waals surface area contributed by atoms with Crippen molar-refractivity contribution < 1.29 is 32.3 Å². The number of hydrogen-bond acceptors (Lipinski definition) is 7. The van der Waals surface area contributed by atoms with Gasteiger partial charge in [-0.1, -0.05) is 23.7 Å². The highest BCUT2D eigenvalue weighted by Crippen LogP contribution is 2.43. The summed E-state index contributed by atoms with van der Waals surface area (Å²) in [4.78, 5) is 28.0. The quantitative estimate of drug-likeness (QED) is 0.344. The number of halogens is 1. The van der Waals surface area contributed by atoms with Gasteiger partial charge in [0, 0.05) is 16.1 Å². The van der Waals surface area contributed by atoms with Crippen LogP contribution in [0, 0.1) is 0 Å². The number of nitrogens with zero attached hydrogens (tertiary/aromatic N) is 1. The molecule has 0 fully saturated rings. The molecule has 0 saturated carbocycles. The van der Waals surface area contributed by atoms with Gasteiger partial charge in [0.25, 0.3) is 5.91 Å². The molecule has 0 saturated heterocycles. The summed E-state index contributed by atoms with van der Waals surface area (Å²) in [7, 11) is -2.47. The Morgan fingerprint density at radius 3 is 2.35 bits per heavy atom. The fraction of sp³-hybridized carbons (Fsp3) is 0.0769. The minimum Gasteiger partial charge on any atom is -0.503 e. The monoisotopic (exact) mass is 538 g/mol. The highest BCUT2D eigenvalue weighted by molar-refractivity contribution is 7.89. The van der Waals surface area contributed by atoms with Crippen molar-refractivity contribution in [1.29, 1.82) is 0 Å². The van der Waals surface area contributed by atoms with E-state index in [0.29, 0.717) is 27.3 Å². The molecule has 9 nitrogen and oxygen atoms in total. The van der Waals surface area contributed by atoms with Crippen molar-refractivity contribution in [3.63, 3.8) is 0 Å². The lowest BCUT2D eigenvalue weighted by Crippen LogP contribution is -2.31. The van der Waals surface area contributed by atoms with Crippen LogP contribution in [0.1, 0.15) is 22.2 Å². The zero-order valence-electron chi connectivity index (χ0n) is 19.2. The predicted octanol–water partition coefficient (Wildman–Crippen LogP) is 4.53. The van der Waals surface area contributed by atoms with Crippen LogP contribution in [0.15, 0.2) is 93.4 Å². The van der Waals surface area contributed by atoms with Crippen molar-refractivity contribution in [3.8, 4) is 5.75 Å². The lowest BCUT2D eigenvalue weighted by molar-refractivity contribution is -0.117. The largest absolute Gasteiger partial charge is 0.503 e. The number of Topliss-reactive ketones (excluding diaryl/α,β-unsaturated/α-hetero) is 1. The molecule has 3 aromatic carbocycles. The van der Waals surface area contributed by atoms with E-state index in [4.69, 9.17) is 25.9 Å². The number of hydrogen-bond donors (Lipinski definition) is 2. The van der Waals surface area contributed by atoms with E-state index in [9.17, 15) is 23.1 Å². The number of amides is 1. The van der Waals surface area contributed by atoms with Crippen LogP contribution in [0.2, 0.25) is 5.02 Å². The molecule has 1 amide bonds. The summed E-state index contributed by atoms with van der Waals surface area (Å²) in [5.41, 5.74) is 0.949. The van der Waals surface area contributed by atoms with E-state index >= 15 is 0 Å². The molecule has 188 valence electrons. The second kappa shape index (κ2) is 9.07. The molecule has 1 atom stereocenters. The summed E-state index contributed by atoms with van der Waals surface area (Å²) in [6.07, 6.45) is 0. The van der Waals surface area contributed by atoms with E-state index in [1.165, 1.54) is 42.3 Å². The van der Waals surface area contributed by atoms with Crippen molar-refractivity contribution in [2.24, 2.45) is 5.14 Å². The maximum Gasteiger partial charge on any atom is 0.294 e. The third-order valence-electron chi connectivity index (χ3n) is 6.03. The molecule has 0 aliphatic carbocycles. The molecule has 5 rings (SSSR count). The number of methoxy groups -OCH3 is 1. The number of ketones is 1. The van der Waals surface area contributed by atoms with Crippen LogP contribution in [0.4, 0.5) is 5.69 Å². The fourth-order valence-corrected chi connectivity index (χ4v) is 4.96. The molecule has 11 heteroatoms. The van der Waals surface area contributed by atoms with E-state index in [1.807, 2.05) is 0 Å². The lowest BCUT2D eigenvalue weighted by Gasteiger charge is -2.27. The maximum atomic E-state index is 13.7. The number of carbonyl (C=O) groups excluding carboxylic acids is 2. The number of benzene rings is 3. The number of aliphatic hydroxyl groups is 1. The van der Waals surface area contributed by atoms with Crippen LogP contribution < -0.4 is 14.8 Å². The summed E-state index contributed by atoms with van der Waals surface area (Å²) >= 11 is 6.05. The highest BCUT2D eigenvalue weighted by Gasteiger charge is 2.45. The first-order valence-electron chi connectivity index (χ1n) is 10.9. The lowest BCUT2D eigenvalue weighted by atomic mass is 9.94. The third-order valence-corrected chi connectivity index (χ3v) is 7.19. The molecule has 2 heterocycles. The Morgan fingerprint density at radius 1 is 1.05 bits per heavy atom. The Hall–Kier alpha value is -4.12. The van der Waals surface area contributed by atoms with Gasteiger partial charge < -0.3 is 14.3 Å². The van der Waals surface area contributed by atoms with Gasteiger partial charge in [-0.25, -0.2) is 13.6 Å². The number of primary sulfonamides is 1. The summed E-state index contributed by atoms with van der Waals surface area (Å²) in [5.74, 6) is -1.82. The number of rotatable bonds is 6. The van der Waals surface area contributed by atoms with Crippen molar-refractivity contribution >= 4 is 50.0 Å². The Bertz CT molecular complexity index is 1690. The molecule has 0 bridgehead atoms. The van der Waals surface area contributed by atoms with Gasteiger partial charge in [-0.05, 0) is 66.2 Å². The van der Waals surface area contributed by atoms with Gasteiger partial charge in [0.2, 0.25) is 15.8 Å². The maximum absolute atomic E-state index is 13.7. The summed E-state index contributed by atoms with van der Waals surface area (Å²) in [5, 5.41) is 17.1. The molecule has 1 aliphatic rings. The summed E-state index contributed by atoms with van der Waals surface area (Å²) in [6, 6.07) is 17.2. The fourth-order valence-electron chi connectivity index (χ4n) is 4.26. The van der Waals surface area contributed by atoms with Crippen molar-refractivity contribution in [3.05, 3.63) is 100 Å². The molecule has 3 N–H and O–H groups in total. The van der Waals surface area contributed by atoms with Crippen LogP contribution in [0.5, 0.6) is 5.75 Å². The minimum absolute atomic E-state index is 0.0865. The zero-order chi connectivity index (χ0) is 26.5. The van der Waals surface area contributed by atoms with Crippen molar-refractivity contribution in [2.45, 2.75) is 10.9 Å².